The SMILES string of the molecule is O=C(c1cc2c(F)cccc2s1)N1CCC(c2ccccc2)CC1. The number of benzene rings is 2. The van der Waals surface area contributed by atoms with E-state index in [9.17, 15) is 9.18 Å². The Bertz CT molecular complexity index is 866. The van der Waals surface area contributed by atoms with Crippen LogP contribution in [0.2, 0.25) is 0 Å². The third-order valence-electron chi connectivity index (χ3n) is 4.77. The Labute approximate surface area is 144 Å². The number of carbonyl (C=O) groups is 1. The Morgan fingerprint density at radius 3 is 2.50 bits per heavy atom. The first-order valence-electron chi connectivity index (χ1n) is 8.24. The Kier molecular flexibility index (Phi) is 4.07. The number of rotatable bonds is 2. The molecule has 0 radical (unpaired) electrons. The third-order valence-corrected chi connectivity index (χ3v) is 5.86. The predicted octanol–water partition coefficient (Wildman–Crippen LogP) is 5.06. The molecule has 1 aliphatic heterocycles. The summed E-state index contributed by atoms with van der Waals surface area (Å²) in [6.07, 6.45) is 1.96. The van der Waals surface area contributed by atoms with Gasteiger partial charge in [-0.05, 0) is 42.5 Å². The number of fused-ring (bicyclic) bond motifs is 1. The van der Waals surface area contributed by atoms with Gasteiger partial charge in [0.15, 0.2) is 0 Å². The number of carbonyl (C=O) groups excluding carboxylic acids is 1. The highest BCUT2D eigenvalue weighted by atomic mass is 32.1. The first-order valence-corrected chi connectivity index (χ1v) is 9.06. The molecule has 0 bridgehead atoms. The van der Waals surface area contributed by atoms with Crippen molar-refractivity contribution in [2.45, 2.75) is 18.8 Å². The normalized spacial score (nSPS) is 15.8. The van der Waals surface area contributed by atoms with E-state index in [1.165, 1.54) is 23.0 Å². The number of halogens is 1. The van der Waals surface area contributed by atoms with E-state index in [1.807, 2.05) is 17.0 Å². The summed E-state index contributed by atoms with van der Waals surface area (Å²) < 4.78 is 14.7. The maximum absolute atomic E-state index is 13.8. The fraction of sp³-hybridized carbons (Fsp3) is 0.250. The van der Waals surface area contributed by atoms with Crippen molar-refractivity contribution in [2.75, 3.05) is 13.1 Å². The minimum atomic E-state index is -0.259. The molecule has 4 rings (SSSR count). The van der Waals surface area contributed by atoms with Crippen LogP contribution in [0.15, 0.2) is 54.6 Å². The molecule has 2 heterocycles. The number of thiophene rings is 1. The topological polar surface area (TPSA) is 20.3 Å². The number of hydrogen-bond acceptors (Lipinski definition) is 2. The van der Waals surface area contributed by atoms with Crippen molar-refractivity contribution in [1.29, 1.82) is 0 Å². The van der Waals surface area contributed by atoms with Crippen LogP contribution in [-0.4, -0.2) is 23.9 Å². The van der Waals surface area contributed by atoms with E-state index < -0.39 is 0 Å². The van der Waals surface area contributed by atoms with Crippen LogP contribution in [0.3, 0.4) is 0 Å². The van der Waals surface area contributed by atoms with E-state index in [2.05, 4.69) is 24.3 Å². The van der Waals surface area contributed by atoms with Crippen LogP contribution in [0.5, 0.6) is 0 Å². The minimum absolute atomic E-state index is 0.0297. The average molecular weight is 339 g/mol. The van der Waals surface area contributed by atoms with Gasteiger partial charge in [-0.2, -0.15) is 0 Å². The standard InChI is InChI=1S/C20H18FNOS/c21-17-7-4-8-18-16(17)13-19(24-18)20(23)22-11-9-15(10-12-22)14-5-2-1-3-6-14/h1-8,13,15H,9-12H2. The average Bonchev–Trinajstić information content (AvgIpc) is 3.08. The molecule has 0 atom stereocenters. The highest BCUT2D eigenvalue weighted by Gasteiger charge is 2.25. The summed E-state index contributed by atoms with van der Waals surface area (Å²) in [4.78, 5) is 15.3. The maximum atomic E-state index is 13.8. The molecule has 24 heavy (non-hydrogen) atoms. The Morgan fingerprint density at radius 2 is 1.79 bits per heavy atom. The summed E-state index contributed by atoms with van der Waals surface area (Å²) in [7, 11) is 0. The molecule has 4 heteroatoms. The lowest BCUT2D eigenvalue weighted by atomic mass is 9.89. The van der Waals surface area contributed by atoms with Gasteiger partial charge in [0.05, 0.1) is 4.88 Å². The molecule has 0 spiro atoms. The molecule has 0 saturated carbocycles. The molecule has 1 saturated heterocycles. The molecule has 3 aromatic rings. The smallest absolute Gasteiger partial charge is 0.263 e. The zero-order valence-electron chi connectivity index (χ0n) is 13.2. The molecule has 2 nitrogen and oxygen atoms in total. The minimum Gasteiger partial charge on any atom is -0.338 e. The van der Waals surface area contributed by atoms with Crippen LogP contribution < -0.4 is 0 Å². The summed E-state index contributed by atoms with van der Waals surface area (Å²) in [5.74, 6) is 0.294. The van der Waals surface area contributed by atoms with Gasteiger partial charge in [-0.1, -0.05) is 36.4 Å². The second-order valence-electron chi connectivity index (χ2n) is 6.24. The first kappa shape index (κ1) is 15.3. The van der Waals surface area contributed by atoms with Gasteiger partial charge in [0.2, 0.25) is 0 Å². The third kappa shape index (κ3) is 2.82. The zero-order valence-corrected chi connectivity index (χ0v) is 14.1. The Hall–Kier alpha value is -2.20. The van der Waals surface area contributed by atoms with Crippen molar-refractivity contribution in [1.82, 2.24) is 4.90 Å². The van der Waals surface area contributed by atoms with Gasteiger partial charge in [-0.25, -0.2) is 4.39 Å². The molecule has 1 fully saturated rings. The van der Waals surface area contributed by atoms with E-state index in [0.29, 0.717) is 16.2 Å². The van der Waals surface area contributed by atoms with Gasteiger partial charge < -0.3 is 4.90 Å². The maximum Gasteiger partial charge on any atom is 0.263 e. The van der Waals surface area contributed by atoms with Crippen LogP contribution in [0.4, 0.5) is 4.39 Å². The van der Waals surface area contributed by atoms with Crippen LogP contribution in [-0.2, 0) is 0 Å². The highest BCUT2D eigenvalue weighted by Crippen LogP contribution is 2.31. The summed E-state index contributed by atoms with van der Waals surface area (Å²) in [5.41, 5.74) is 1.36. The quantitative estimate of drug-likeness (QED) is 0.639. The molecule has 0 N–H and O–H groups in total. The molecular weight excluding hydrogens is 321 g/mol. The lowest BCUT2D eigenvalue weighted by Gasteiger charge is -2.32. The number of likely N-dealkylation sites (tertiary alicyclic amines) is 1. The predicted molar refractivity (Wildman–Crippen MR) is 96.1 cm³/mol. The molecule has 122 valence electrons. The Balaban J connectivity index is 1.48. The van der Waals surface area contributed by atoms with E-state index in [-0.39, 0.29) is 11.7 Å². The number of piperidine rings is 1. The van der Waals surface area contributed by atoms with E-state index in [0.717, 1.165) is 30.6 Å². The second kappa shape index (κ2) is 6.36. The van der Waals surface area contributed by atoms with Crippen LogP contribution >= 0.6 is 11.3 Å². The largest absolute Gasteiger partial charge is 0.338 e. The van der Waals surface area contributed by atoms with Gasteiger partial charge in [-0.3, -0.25) is 4.79 Å². The summed E-state index contributed by atoms with van der Waals surface area (Å²) >= 11 is 1.38. The van der Waals surface area contributed by atoms with Crippen LogP contribution in [0, 0.1) is 5.82 Å². The molecule has 1 aromatic heterocycles. The lowest BCUT2D eigenvalue weighted by molar-refractivity contribution is 0.0718. The van der Waals surface area contributed by atoms with Crippen molar-refractivity contribution < 1.29 is 9.18 Å². The van der Waals surface area contributed by atoms with Gasteiger partial charge in [0.25, 0.3) is 5.91 Å². The van der Waals surface area contributed by atoms with Gasteiger partial charge in [0.1, 0.15) is 5.82 Å². The van der Waals surface area contributed by atoms with Crippen molar-refractivity contribution >= 4 is 27.3 Å². The van der Waals surface area contributed by atoms with Crippen molar-refractivity contribution in [3.63, 3.8) is 0 Å². The molecule has 1 amide bonds. The molecule has 1 aliphatic rings. The van der Waals surface area contributed by atoms with Gasteiger partial charge in [0, 0.05) is 23.2 Å². The van der Waals surface area contributed by atoms with E-state index >= 15 is 0 Å². The number of amides is 1. The number of hydrogen-bond donors (Lipinski definition) is 0. The van der Waals surface area contributed by atoms with E-state index in [4.69, 9.17) is 0 Å². The highest BCUT2D eigenvalue weighted by molar-refractivity contribution is 7.20. The second-order valence-corrected chi connectivity index (χ2v) is 7.32. The molecule has 0 aliphatic carbocycles. The van der Waals surface area contributed by atoms with Gasteiger partial charge >= 0.3 is 0 Å². The molecular formula is C20H18FNOS. The fourth-order valence-corrected chi connectivity index (χ4v) is 4.47. The van der Waals surface area contributed by atoms with Crippen molar-refractivity contribution in [3.05, 3.63) is 70.9 Å². The summed E-state index contributed by atoms with van der Waals surface area (Å²) in [5, 5.41) is 0.546. The fourth-order valence-electron chi connectivity index (χ4n) is 3.43. The van der Waals surface area contributed by atoms with Crippen molar-refractivity contribution in [3.8, 4) is 0 Å². The van der Waals surface area contributed by atoms with Gasteiger partial charge in [-0.15, -0.1) is 11.3 Å². The van der Waals surface area contributed by atoms with Crippen molar-refractivity contribution in [2.24, 2.45) is 0 Å². The molecule has 2 aromatic carbocycles. The summed E-state index contributed by atoms with van der Waals surface area (Å²) in [6.45, 7) is 1.52. The van der Waals surface area contributed by atoms with E-state index in [1.54, 1.807) is 12.1 Å². The summed E-state index contributed by atoms with van der Waals surface area (Å²) in [6, 6.07) is 17.2. The number of nitrogens with zero attached hydrogens (tertiary/aromatic N) is 1. The lowest BCUT2D eigenvalue weighted by Crippen LogP contribution is -2.37. The monoisotopic (exact) mass is 339 g/mol. The molecule has 0 unspecified atom stereocenters. The van der Waals surface area contributed by atoms with Crippen LogP contribution in [0.25, 0.3) is 10.1 Å². The van der Waals surface area contributed by atoms with Crippen LogP contribution in [0.1, 0.15) is 34.0 Å². The zero-order chi connectivity index (χ0) is 16.5. The Morgan fingerprint density at radius 1 is 1.04 bits per heavy atom. The first-order chi connectivity index (χ1) is 11.7.